The first-order valence-electron chi connectivity index (χ1n) is 6.69. The summed E-state index contributed by atoms with van der Waals surface area (Å²) in [6.45, 7) is 1.79. The molecule has 3 heterocycles. The first-order chi connectivity index (χ1) is 9.23. The molecule has 0 aliphatic carbocycles. The van der Waals surface area contributed by atoms with Gasteiger partial charge in [0.1, 0.15) is 0 Å². The van der Waals surface area contributed by atoms with Gasteiger partial charge in [0.2, 0.25) is 11.8 Å². The van der Waals surface area contributed by atoms with Gasteiger partial charge in [-0.15, -0.1) is 0 Å². The molecule has 2 fully saturated rings. The molecular formula is C14H17N3O2. The van der Waals surface area contributed by atoms with Crippen LogP contribution in [-0.4, -0.2) is 29.9 Å². The van der Waals surface area contributed by atoms with E-state index in [-0.39, 0.29) is 24.2 Å². The normalized spacial score (nSPS) is 28.4. The van der Waals surface area contributed by atoms with Crippen LogP contribution in [0.3, 0.4) is 0 Å². The summed E-state index contributed by atoms with van der Waals surface area (Å²) in [5.41, 5.74) is 0.151. The lowest BCUT2D eigenvalue weighted by Crippen LogP contribution is -2.46. The zero-order chi connectivity index (χ0) is 13.3. The first-order valence-corrected chi connectivity index (χ1v) is 6.69. The Bertz CT molecular complexity index is 497. The third-order valence-electron chi connectivity index (χ3n) is 4.31. The van der Waals surface area contributed by atoms with Crippen molar-refractivity contribution in [2.75, 3.05) is 13.1 Å². The van der Waals surface area contributed by atoms with Crippen molar-refractivity contribution in [2.24, 2.45) is 5.92 Å². The Labute approximate surface area is 111 Å². The zero-order valence-electron chi connectivity index (χ0n) is 10.7. The third kappa shape index (κ3) is 1.94. The molecule has 0 bridgehead atoms. The van der Waals surface area contributed by atoms with Crippen LogP contribution in [0.5, 0.6) is 0 Å². The SMILES string of the molecule is O=C1CC(c2cccnc2)(C2CCNCC2)C(=O)N1. The molecule has 0 radical (unpaired) electrons. The van der Waals surface area contributed by atoms with Crippen LogP contribution in [0.4, 0.5) is 0 Å². The molecule has 19 heavy (non-hydrogen) atoms. The molecule has 0 aromatic carbocycles. The highest BCUT2D eigenvalue weighted by molar-refractivity contribution is 6.09. The monoisotopic (exact) mass is 259 g/mol. The van der Waals surface area contributed by atoms with Crippen LogP contribution in [0, 0.1) is 5.92 Å². The van der Waals surface area contributed by atoms with Crippen molar-refractivity contribution in [2.45, 2.75) is 24.7 Å². The van der Waals surface area contributed by atoms with E-state index >= 15 is 0 Å². The summed E-state index contributed by atoms with van der Waals surface area (Å²) in [7, 11) is 0. The van der Waals surface area contributed by atoms with Gasteiger partial charge in [0, 0.05) is 18.8 Å². The number of hydrogen-bond acceptors (Lipinski definition) is 4. The van der Waals surface area contributed by atoms with Crippen LogP contribution >= 0.6 is 0 Å². The lowest BCUT2D eigenvalue weighted by Gasteiger charge is -2.37. The maximum Gasteiger partial charge on any atom is 0.238 e. The number of carbonyl (C=O) groups excluding carboxylic acids is 2. The van der Waals surface area contributed by atoms with Gasteiger partial charge >= 0.3 is 0 Å². The number of rotatable bonds is 2. The summed E-state index contributed by atoms with van der Waals surface area (Å²) in [5.74, 6) is -0.130. The Morgan fingerprint density at radius 2 is 2.05 bits per heavy atom. The van der Waals surface area contributed by atoms with E-state index in [9.17, 15) is 9.59 Å². The highest BCUT2D eigenvalue weighted by Crippen LogP contribution is 2.43. The number of pyridine rings is 1. The second-order valence-corrected chi connectivity index (χ2v) is 5.29. The van der Waals surface area contributed by atoms with Crippen molar-refractivity contribution in [3.05, 3.63) is 30.1 Å². The first kappa shape index (κ1) is 12.3. The standard InChI is InChI=1S/C14H17N3O2/c18-12-8-14(13(19)17-12,10-3-6-15-7-4-10)11-2-1-5-16-9-11/h1-2,5,9-10,15H,3-4,6-8H2,(H,17,18,19). The second kappa shape index (κ2) is 4.74. The van der Waals surface area contributed by atoms with Crippen molar-refractivity contribution >= 4 is 11.8 Å². The highest BCUT2D eigenvalue weighted by atomic mass is 16.2. The second-order valence-electron chi connectivity index (χ2n) is 5.29. The fraction of sp³-hybridized carbons (Fsp3) is 0.500. The van der Waals surface area contributed by atoms with E-state index in [0.29, 0.717) is 0 Å². The molecule has 5 heteroatoms. The number of carbonyl (C=O) groups is 2. The topological polar surface area (TPSA) is 71.1 Å². The minimum Gasteiger partial charge on any atom is -0.317 e. The summed E-state index contributed by atoms with van der Waals surface area (Å²) >= 11 is 0. The lowest BCUT2D eigenvalue weighted by atomic mass is 9.66. The average molecular weight is 259 g/mol. The van der Waals surface area contributed by atoms with Gasteiger partial charge in [-0.1, -0.05) is 6.07 Å². The van der Waals surface area contributed by atoms with Crippen molar-refractivity contribution in [3.8, 4) is 0 Å². The van der Waals surface area contributed by atoms with E-state index in [0.717, 1.165) is 31.5 Å². The van der Waals surface area contributed by atoms with Gasteiger partial charge in [0.25, 0.3) is 0 Å². The fourth-order valence-electron chi connectivity index (χ4n) is 3.36. The van der Waals surface area contributed by atoms with Crippen LogP contribution in [0.2, 0.25) is 0 Å². The number of amides is 2. The number of imide groups is 1. The Morgan fingerprint density at radius 1 is 1.26 bits per heavy atom. The minimum atomic E-state index is -0.715. The van der Waals surface area contributed by atoms with Crippen LogP contribution in [-0.2, 0) is 15.0 Å². The van der Waals surface area contributed by atoms with Crippen molar-refractivity contribution < 1.29 is 9.59 Å². The molecule has 2 aliphatic heterocycles. The average Bonchev–Trinajstić information content (AvgIpc) is 2.76. The van der Waals surface area contributed by atoms with Gasteiger partial charge in [-0.3, -0.25) is 19.9 Å². The summed E-state index contributed by atoms with van der Waals surface area (Å²) in [6, 6.07) is 3.74. The van der Waals surface area contributed by atoms with Gasteiger partial charge in [-0.25, -0.2) is 0 Å². The molecule has 1 unspecified atom stereocenters. The van der Waals surface area contributed by atoms with Crippen LogP contribution in [0.1, 0.15) is 24.8 Å². The smallest absolute Gasteiger partial charge is 0.238 e. The van der Waals surface area contributed by atoms with E-state index in [1.165, 1.54) is 0 Å². The molecule has 2 aliphatic rings. The highest BCUT2D eigenvalue weighted by Gasteiger charge is 2.53. The molecule has 2 amide bonds. The number of hydrogen-bond donors (Lipinski definition) is 2. The predicted octanol–water partition coefficient (Wildman–Crippen LogP) is 0.365. The molecule has 100 valence electrons. The van der Waals surface area contributed by atoms with Crippen LogP contribution in [0.15, 0.2) is 24.5 Å². The summed E-state index contributed by atoms with van der Waals surface area (Å²) < 4.78 is 0. The summed E-state index contributed by atoms with van der Waals surface area (Å²) in [5, 5.41) is 5.78. The lowest BCUT2D eigenvalue weighted by molar-refractivity contribution is -0.127. The fourth-order valence-corrected chi connectivity index (χ4v) is 3.36. The molecule has 1 atom stereocenters. The molecule has 5 nitrogen and oxygen atoms in total. The third-order valence-corrected chi connectivity index (χ3v) is 4.31. The largest absolute Gasteiger partial charge is 0.317 e. The molecule has 2 N–H and O–H groups in total. The summed E-state index contributed by atoms with van der Waals surface area (Å²) in [6.07, 6.45) is 5.49. The van der Waals surface area contributed by atoms with Gasteiger partial charge in [0.05, 0.1) is 5.41 Å². The van der Waals surface area contributed by atoms with Crippen molar-refractivity contribution in [1.82, 2.24) is 15.6 Å². The molecule has 1 aromatic rings. The van der Waals surface area contributed by atoms with Gasteiger partial charge < -0.3 is 5.32 Å². The van der Waals surface area contributed by atoms with E-state index in [4.69, 9.17) is 0 Å². The maximum atomic E-state index is 12.4. The summed E-state index contributed by atoms with van der Waals surface area (Å²) in [4.78, 5) is 28.3. The van der Waals surface area contributed by atoms with E-state index in [2.05, 4.69) is 15.6 Å². The maximum absolute atomic E-state index is 12.4. The number of nitrogens with zero attached hydrogens (tertiary/aromatic N) is 1. The van der Waals surface area contributed by atoms with Crippen LogP contribution < -0.4 is 10.6 Å². The Kier molecular flexibility index (Phi) is 3.06. The van der Waals surface area contributed by atoms with Gasteiger partial charge in [0.15, 0.2) is 0 Å². The van der Waals surface area contributed by atoms with E-state index in [1.54, 1.807) is 12.4 Å². The Hall–Kier alpha value is -1.75. The number of piperidine rings is 1. The van der Waals surface area contributed by atoms with Crippen molar-refractivity contribution in [3.63, 3.8) is 0 Å². The Morgan fingerprint density at radius 3 is 2.63 bits per heavy atom. The van der Waals surface area contributed by atoms with Crippen LogP contribution in [0.25, 0.3) is 0 Å². The molecule has 0 spiro atoms. The minimum absolute atomic E-state index is 0.155. The van der Waals surface area contributed by atoms with E-state index < -0.39 is 5.41 Å². The molecule has 2 saturated heterocycles. The predicted molar refractivity (Wildman–Crippen MR) is 69.3 cm³/mol. The zero-order valence-corrected chi connectivity index (χ0v) is 10.7. The Balaban J connectivity index is 2.05. The van der Waals surface area contributed by atoms with Gasteiger partial charge in [-0.05, 0) is 43.5 Å². The van der Waals surface area contributed by atoms with Gasteiger partial charge in [-0.2, -0.15) is 0 Å². The molecule has 3 rings (SSSR count). The van der Waals surface area contributed by atoms with Crippen molar-refractivity contribution in [1.29, 1.82) is 0 Å². The quantitative estimate of drug-likeness (QED) is 0.753. The molecular weight excluding hydrogens is 242 g/mol. The molecule has 0 saturated carbocycles. The number of aromatic nitrogens is 1. The van der Waals surface area contributed by atoms with E-state index in [1.807, 2.05) is 12.1 Å². The number of nitrogens with one attached hydrogen (secondary N) is 2. The molecule has 1 aromatic heterocycles.